The van der Waals surface area contributed by atoms with Gasteiger partial charge in [-0.3, -0.25) is 19.7 Å². The van der Waals surface area contributed by atoms with Gasteiger partial charge in [-0.05, 0) is 81.3 Å². The van der Waals surface area contributed by atoms with Crippen molar-refractivity contribution < 1.29 is 14.3 Å². The summed E-state index contributed by atoms with van der Waals surface area (Å²) in [5.41, 5.74) is 1.06. The summed E-state index contributed by atoms with van der Waals surface area (Å²) < 4.78 is 6.27. The molecule has 1 aromatic heterocycles. The van der Waals surface area contributed by atoms with E-state index in [0.717, 1.165) is 36.1 Å². The summed E-state index contributed by atoms with van der Waals surface area (Å²) in [5.74, 6) is 1.32. The number of ether oxygens (including phenoxy) is 1. The number of benzene rings is 2. The van der Waals surface area contributed by atoms with Gasteiger partial charge in [0.15, 0.2) is 0 Å². The summed E-state index contributed by atoms with van der Waals surface area (Å²) in [6.45, 7) is 18.2. The van der Waals surface area contributed by atoms with Crippen LogP contribution in [0.4, 0.5) is 4.79 Å². The van der Waals surface area contributed by atoms with Crippen LogP contribution in [0.2, 0.25) is 10.0 Å². The molecule has 1 fully saturated rings. The van der Waals surface area contributed by atoms with Gasteiger partial charge in [-0.25, -0.2) is 4.79 Å². The average Bonchev–Trinajstić information content (AvgIpc) is 3.33. The van der Waals surface area contributed by atoms with Crippen LogP contribution in [0.3, 0.4) is 0 Å². The molecule has 0 aliphatic carbocycles. The summed E-state index contributed by atoms with van der Waals surface area (Å²) in [6, 6.07) is 17.1. The fourth-order valence-electron chi connectivity index (χ4n) is 6.98. The standard InChI is InChI=1S/C40H49Cl2N5O3/c1-8-10-21-43-35(48)24-27-19-22-46(23-20-27)37(49)47-36(32-26-44-34(38(3,4)5)25-33(32)50-9-2)45-39(6,28-11-15-30(41)16-12-28)40(47,7)29-13-17-31(42)18-14-29/h8,11-18,25-27H,1,9-10,19-24H2,2-7H3,(H,43,48)/t39-,40+/m0/s1. The van der Waals surface area contributed by atoms with Crippen molar-refractivity contribution >= 4 is 41.0 Å². The Balaban J connectivity index is 1.62. The Hall–Kier alpha value is -3.88. The average molecular weight is 719 g/mol. The summed E-state index contributed by atoms with van der Waals surface area (Å²) in [6.07, 6.45) is 6.20. The van der Waals surface area contributed by atoms with Crippen LogP contribution in [0.25, 0.3) is 0 Å². The van der Waals surface area contributed by atoms with E-state index in [1.807, 2.05) is 71.3 Å². The topological polar surface area (TPSA) is 87.1 Å². The molecule has 2 atom stereocenters. The third kappa shape index (κ3) is 7.42. The van der Waals surface area contributed by atoms with E-state index in [1.165, 1.54) is 0 Å². The van der Waals surface area contributed by atoms with Crippen molar-refractivity contribution in [3.05, 3.63) is 106 Å². The van der Waals surface area contributed by atoms with Crippen LogP contribution in [0, 0.1) is 5.92 Å². The van der Waals surface area contributed by atoms with Crippen molar-refractivity contribution in [3.8, 4) is 5.75 Å². The van der Waals surface area contributed by atoms with Crippen molar-refractivity contribution in [2.24, 2.45) is 10.9 Å². The molecule has 1 N–H and O–H groups in total. The molecule has 3 amide bonds. The maximum Gasteiger partial charge on any atom is 0.326 e. The van der Waals surface area contributed by atoms with E-state index in [0.29, 0.717) is 59.9 Å². The summed E-state index contributed by atoms with van der Waals surface area (Å²) >= 11 is 12.8. The molecule has 2 aromatic carbocycles. The molecule has 2 aliphatic rings. The molecular weight excluding hydrogens is 669 g/mol. The number of aromatic nitrogens is 1. The summed E-state index contributed by atoms with van der Waals surface area (Å²) in [7, 11) is 0. The lowest BCUT2D eigenvalue weighted by atomic mass is 9.71. The normalized spacial score (nSPS) is 21.2. The SMILES string of the molecule is C=CCCNC(=O)CC1CCN(C(=O)N2C(c3cnc(C(C)(C)C)cc3OCC)=N[C@@](C)(c3ccc(Cl)cc3)[C@@]2(C)c2ccc(Cl)cc2)CC1. The number of hydrogen-bond acceptors (Lipinski definition) is 5. The molecule has 0 saturated carbocycles. The molecular formula is C40H49Cl2N5O3. The number of amidine groups is 1. The fourth-order valence-corrected chi connectivity index (χ4v) is 7.23. The Morgan fingerprint density at radius 1 is 1.02 bits per heavy atom. The molecule has 266 valence electrons. The van der Waals surface area contributed by atoms with E-state index >= 15 is 4.79 Å². The monoisotopic (exact) mass is 717 g/mol. The summed E-state index contributed by atoms with van der Waals surface area (Å²) in [5, 5.41) is 4.18. The predicted octanol–water partition coefficient (Wildman–Crippen LogP) is 8.89. The number of carbonyl (C=O) groups is 2. The highest BCUT2D eigenvalue weighted by molar-refractivity contribution is 6.30. The van der Waals surface area contributed by atoms with Gasteiger partial charge in [0.05, 0.1) is 12.2 Å². The maximum absolute atomic E-state index is 15.2. The van der Waals surface area contributed by atoms with Crippen LogP contribution < -0.4 is 10.1 Å². The van der Waals surface area contributed by atoms with Gasteiger partial charge in [0.25, 0.3) is 0 Å². The molecule has 0 bridgehead atoms. The smallest absolute Gasteiger partial charge is 0.326 e. The van der Waals surface area contributed by atoms with E-state index < -0.39 is 11.1 Å². The van der Waals surface area contributed by atoms with E-state index in [4.69, 9.17) is 37.9 Å². The second-order valence-corrected chi connectivity index (χ2v) is 15.4. The highest BCUT2D eigenvalue weighted by Crippen LogP contribution is 2.54. The number of piperidine rings is 1. The number of urea groups is 1. The number of nitrogens with one attached hydrogen (secondary N) is 1. The quantitative estimate of drug-likeness (QED) is 0.168. The Morgan fingerprint density at radius 2 is 1.62 bits per heavy atom. The number of carbonyl (C=O) groups excluding carboxylic acids is 2. The van der Waals surface area contributed by atoms with Crippen molar-refractivity contribution in [1.82, 2.24) is 20.1 Å². The number of likely N-dealkylation sites (tertiary alicyclic amines) is 1. The number of pyridine rings is 1. The van der Waals surface area contributed by atoms with Gasteiger partial charge in [-0.15, -0.1) is 6.58 Å². The zero-order valence-corrected chi connectivity index (χ0v) is 31.6. The molecule has 0 spiro atoms. The first-order valence-electron chi connectivity index (χ1n) is 17.4. The van der Waals surface area contributed by atoms with E-state index in [9.17, 15) is 4.79 Å². The summed E-state index contributed by atoms with van der Waals surface area (Å²) in [4.78, 5) is 41.9. The molecule has 50 heavy (non-hydrogen) atoms. The molecule has 8 nitrogen and oxygen atoms in total. The number of aliphatic imine (C=N–C) groups is 1. The van der Waals surface area contributed by atoms with Gasteiger partial charge in [-0.1, -0.05) is 74.3 Å². The number of amides is 3. The number of hydrogen-bond donors (Lipinski definition) is 1. The van der Waals surface area contributed by atoms with Crippen molar-refractivity contribution in [1.29, 1.82) is 0 Å². The van der Waals surface area contributed by atoms with Gasteiger partial charge in [-0.2, -0.15) is 0 Å². The Morgan fingerprint density at radius 3 is 2.18 bits per heavy atom. The van der Waals surface area contributed by atoms with Crippen LogP contribution in [0.1, 0.15) is 89.6 Å². The van der Waals surface area contributed by atoms with Crippen LogP contribution in [0.15, 0.2) is 78.4 Å². The number of nitrogens with zero attached hydrogens (tertiary/aromatic N) is 4. The third-order valence-corrected chi connectivity index (χ3v) is 10.6. The first kappa shape index (κ1) is 37.4. The number of rotatable bonds is 10. The molecule has 3 aromatic rings. The Kier molecular flexibility index (Phi) is 11.3. The minimum atomic E-state index is -1.02. The van der Waals surface area contributed by atoms with Gasteiger partial charge < -0.3 is 15.0 Å². The number of halogens is 2. The lowest BCUT2D eigenvalue weighted by Crippen LogP contribution is -2.59. The molecule has 10 heteroatoms. The highest BCUT2D eigenvalue weighted by Gasteiger charge is 2.60. The molecule has 5 rings (SSSR count). The fraction of sp³-hybridized carbons (Fsp3) is 0.450. The van der Waals surface area contributed by atoms with Crippen molar-refractivity contribution in [3.63, 3.8) is 0 Å². The van der Waals surface area contributed by atoms with Gasteiger partial charge in [0, 0.05) is 59.5 Å². The molecule has 3 heterocycles. The second-order valence-electron chi connectivity index (χ2n) is 14.5. The largest absolute Gasteiger partial charge is 0.493 e. The minimum absolute atomic E-state index is 0.0364. The van der Waals surface area contributed by atoms with Crippen LogP contribution in [-0.4, -0.2) is 58.8 Å². The predicted molar refractivity (Wildman–Crippen MR) is 202 cm³/mol. The van der Waals surface area contributed by atoms with Crippen LogP contribution in [0.5, 0.6) is 5.75 Å². The lowest BCUT2D eigenvalue weighted by Gasteiger charge is -2.47. The third-order valence-electron chi connectivity index (χ3n) is 10.1. The van der Waals surface area contributed by atoms with Crippen molar-refractivity contribution in [2.75, 3.05) is 26.2 Å². The van der Waals surface area contributed by atoms with Crippen LogP contribution >= 0.6 is 23.2 Å². The maximum atomic E-state index is 15.2. The van der Waals surface area contributed by atoms with Crippen LogP contribution in [-0.2, 0) is 21.3 Å². The zero-order valence-electron chi connectivity index (χ0n) is 30.1. The zero-order chi connectivity index (χ0) is 36.3. The minimum Gasteiger partial charge on any atom is -0.493 e. The second kappa shape index (κ2) is 15.2. The van der Waals surface area contributed by atoms with Gasteiger partial charge in [0.2, 0.25) is 5.91 Å². The lowest BCUT2D eigenvalue weighted by molar-refractivity contribution is -0.122. The van der Waals surface area contributed by atoms with Crippen molar-refractivity contribution in [2.45, 2.75) is 83.7 Å². The molecule has 1 saturated heterocycles. The molecule has 2 aliphatic heterocycles. The first-order valence-corrected chi connectivity index (χ1v) is 18.2. The van der Waals surface area contributed by atoms with Gasteiger partial charge in [0.1, 0.15) is 22.7 Å². The van der Waals surface area contributed by atoms with E-state index in [-0.39, 0.29) is 23.3 Å². The highest BCUT2D eigenvalue weighted by atomic mass is 35.5. The van der Waals surface area contributed by atoms with E-state index in [1.54, 1.807) is 12.3 Å². The Labute approximate surface area is 306 Å². The Bertz CT molecular complexity index is 1730. The molecule has 0 radical (unpaired) electrons. The molecule has 0 unspecified atom stereocenters. The van der Waals surface area contributed by atoms with Gasteiger partial charge >= 0.3 is 6.03 Å². The van der Waals surface area contributed by atoms with E-state index in [2.05, 4.69) is 46.5 Å². The first-order chi connectivity index (χ1) is 23.7.